The molecule has 0 amide bonds. The summed E-state index contributed by atoms with van der Waals surface area (Å²) < 4.78 is 37.3. The quantitative estimate of drug-likeness (QED) is 0.0873. The lowest BCUT2D eigenvalue weighted by atomic mass is 10.00. The van der Waals surface area contributed by atoms with Crippen molar-refractivity contribution >= 4 is 70.0 Å². The molecule has 0 aromatic heterocycles. The van der Waals surface area contributed by atoms with Crippen LogP contribution in [0.4, 0.5) is 0 Å². The van der Waals surface area contributed by atoms with E-state index in [1.807, 2.05) is 28.4 Å². The third-order valence-electron chi connectivity index (χ3n) is 12.4. The van der Waals surface area contributed by atoms with Gasteiger partial charge in [0.15, 0.2) is 8.32 Å². The highest BCUT2D eigenvalue weighted by Gasteiger charge is 2.58. The van der Waals surface area contributed by atoms with Gasteiger partial charge >= 0.3 is 5.97 Å². The molecule has 3 aromatic rings. The molecular formula is C46H65IO6Si3. The zero-order chi connectivity index (χ0) is 41.3. The molecule has 5 rings (SSSR count). The molecule has 0 aliphatic carbocycles. The van der Waals surface area contributed by atoms with Crippen molar-refractivity contribution in [3.05, 3.63) is 106 Å². The second-order valence-corrected chi connectivity index (χ2v) is 34.0. The van der Waals surface area contributed by atoms with Crippen LogP contribution >= 0.6 is 22.6 Å². The van der Waals surface area contributed by atoms with Gasteiger partial charge in [-0.3, -0.25) is 0 Å². The largest absolute Gasteiger partial charge is 0.543 e. The maximum absolute atomic E-state index is 14.7. The van der Waals surface area contributed by atoms with E-state index in [2.05, 4.69) is 184 Å². The van der Waals surface area contributed by atoms with Gasteiger partial charge in [-0.05, 0) is 67.4 Å². The minimum absolute atomic E-state index is 0.0327. The number of carbonyl (C=O) groups is 1. The van der Waals surface area contributed by atoms with Crippen molar-refractivity contribution in [2.45, 2.75) is 147 Å². The van der Waals surface area contributed by atoms with Gasteiger partial charge < -0.3 is 22.8 Å². The number of benzene rings is 3. The molecule has 3 aromatic carbocycles. The van der Waals surface area contributed by atoms with Crippen LogP contribution in [0.3, 0.4) is 0 Å². The zero-order valence-electron chi connectivity index (χ0n) is 35.9. The Kier molecular flexibility index (Phi) is 13.7. The predicted molar refractivity (Wildman–Crippen MR) is 248 cm³/mol. The lowest BCUT2D eigenvalue weighted by Gasteiger charge is -2.44. The first kappa shape index (κ1) is 44.8. The summed E-state index contributed by atoms with van der Waals surface area (Å²) in [5.41, 5.74) is 1.18. The summed E-state index contributed by atoms with van der Waals surface area (Å²) in [6.07, 6.45) is 5.56. The fourth-order valence-corrected chi connectivity index (χ4v) is 14.4. The predicted octanol–water partition coefficient (Wildman–Crippen LogP) is 11.5. The van der Waals surface area contributed by atoms with Crippen LogP contribution in [0, 0.1) is 0 Å². The summed E-state index contributed by atoms with van der Waals surface area (Å²) in [6, 6.07) is 27.3. The fourth-order valence-electron chi connectivity index (χ4n) is 7.10. The van der Waals surface area contributed by atoms with E-state index in [0.717, 1.165) is 5.56 Å². The Morgan fingerprint density at radius 1 is 0.732 bits per heavy atom. The fraction of sp³-hybridized carbons (Fsp3) is 0.500. The van der Waals surface area contributed by atoms with Crippen molar-refractivity contribution in [3.63, 3.8) is 0 Å². The number of ether oxygens (including phenoxy) is 2. The summed E-state index contributed by atoms with van der Waals surface area (Å²) >= 11 is 2.23. The average molecular weight is 925 g/mol. The lowest BCUT2D eigenvalue weighted by molar-refractivity contribution is 0.0133. The Hall–Kier alpha value is -2.33. The Morgan fingerprint density at radius 3 is 1.82 bits per heavy atom. The van der Waals surface area contributed by atoms with Crippen LogP contribution in [0.1, 0.15) is 91.1 Å². The van der Waals surface area contributed by atoms with Crippen molar-refractivity contribution in [3.8, 4) is 5.75 Å². The van der Waals surface area contributed by atoms with Gasteiger partial charge in [-0.2, -0.15) is 0 Å². The van der Waals surface area contributed by atoms with Gasteiger partial charge in [0, 0.05) is 12.8 Å². The molecule has 1 saturated heterocycles. The van der Waals surface area contributed by atoms with E-state index in [9.17, 15) is 4.79 Å². The molecule has 3 unspecified atom stereocenters. The van der Waals surface area contributed by atoms with Crippen LogP contribution in [0.2, 0.25) is 41.3 Å². The van der Waals surface area contributed by atoms with Crippen molar-refractivity contribution in [2.75, 3.05) is 0 Å². The van der Waals surface area contributed by atoms with Gasteiger partial charge in [-0.1, -0.05) is 176 Å². The van der Waals surface area contributed by atoms with Gasteiger partial charge in [0.05, 0.1) is 12.2 Å². The van der Waals surface area contributed by atoms with Crippen molar-refractivity contribution in [2.24, 2.45) is 0 Å². The van der Waals surface area contributed by atoms with Crippen LogP contribution in [0.15, 0.2) is 95.1 Å². The van der Waals surface area contributed by atoms with Crippen LogP contribution in [0.5, 0.6) is 5.75 Å². The maximum atomic E-state index is 14.7. The molecule has 5 atom stereocenters. The van der Waals surface area contributed by atoms with Gasteiger partial charge in [0.2, 0.25) is 0 Å². The Labute approximate surface area is 354 Å². The van der Waals surface area contributed by atoms with E-state index >= 15 is 0 Å². The maximum Gasteiger partial charge on any atom is 0.342 e. The van der Waals surface area contributed by atoms with E-state index in [-0.39, 0.29) is 33.4 Å². The van der Waals surface area contributed by atoms with Gasteiger partial charge in [0.1, 0.15) is 29.6 Å². The molecule has 0 radical (unpaired) electrons. The minimum atomic E-state index is -3.02. The summed E-state index contributed by atoms with van der Waals surface area (Å²) in [4.78, 5) is 14.7. The van der Waals surface area contributed by atoms with Gasteiger partial charge in [-0.15, -0.1) is 0 Å². The number of hydrogen-bond acceptors (Lipinski definition) is 6. The topological polar surface area (TPSA) is 66.5 Å². The van der Waals surface area contributed by atoms with E-state index < -0.39 is 43.1 Å². The third-order valence-corrected chi connectivity index (χ3v) is 26.8. The molecule has 0 bridgehead atoms. The summed E-state index contributed by atoms with van der Waals surface area (Å²) in [5.74, 6) is 0.165. The van der Waals surface area contributed by atoms with Crippen LogP contribution in [-0.2, 0) is 18.3 Å². The molecule has 10 heteroatoms. The molecule has 2 aliphatic heterocycles. The Morgan fingerprint density at radius 2 is 1.30 bits per heavy atom. The number of epoxide rings is 1. The first-order valence-corrected chi connectivity index (χ1v) is 29.1. The van der Waals surface area contributed by atoms with Crippen LogP contribution < -0.4 is 14.8 Å². The number of rotatable bonds is 10. The van der Waals surface area contributed by atoms with E-state index in [0.29, 0.717) is 24.2 Å². The highest BCUT2D eigenvalue weighted by Crippen LogP contribution is 2.46. The molecule has 2 aliphatic rings. The lowest BCUT2D eigenvalue weighted by Crippen LogP contribution is -2.68. The normalized spacial score (nSPS) is 23.3. The van der Waals surface area contributed by atoms with E-state index in [1.54, 1.807) is 0 Å². The summed E-state index contributed by atoms with van der Waals surface area (Å²) in [6.45, 7) is 29.3. The second kappa shape index (κ2) is 17.1. The van der Waals surface area contributed by atoms with Crippen molar-refractivity contribution in [1.82, 2.24) is 0 Å². The summed E-state index contributed by atoms with van der Waals surface area (Å²) in [5, 5.41) is 2.04. The SMILES string of the molecule is CC(C)(C)[Si](C)(C)Oc1cccc2c1C(=O)O[C@@H](C/C=C/I)CC(O[Si](C)(C)C(C)(C)C)C1OC1[C@@H](O[Si](c1ccccc1)(c1ccccc1)C(C)(C)C)/C=C/2. The zero-order valence-corrected chi connectivity index (χ0v) is 41.1. The molecule has 2 heterocycles. The monoisotopic (exact) mass is 924 g/mol. The van der Waals surface area contributed by atoms with Gasteiger partial charge in [-0.25, -0.2) is 4.79 Å². The molecule has 6 nitrogen and oxygen atoms in total. The Bertz CT molecular complexity index is 1820. The third kappa shape index (κ3) is 9.75. The molecule has 0 spiro atoms. The standard InChI is InChI=1S/C46H65IO6Si3/c1-44(2,3)54(10,11)51-37-28-20-22-33-29-30-38(53-56(46(7,8)9,35-24-16-14-17-25-35)36-26-18-15-19-27-36)41-42(50-41)39(52-55(12,13)45(4,5)6)32-34(23-21-31-47)49-43(48)40(33)37/h14-22,24-31,34,38-39,41-42H,23,32H2,1-13H3/b30-29+,31-21+/t34-,38-,39?,41?,42?/m0/s1. The number of halogens is 1. The highest BCUT2D eigenvalue weighted by molar-refractivity contribution is 14.1. The first-order chi connectivity index (χ1) is 26.0. The highest BCUT2D eigenvalue weighted by atomic mass is 127. The molecule has 0 saturated carbocycles. The molecule has 1 fully saturated rings. The van der Waals surface area contributed by atoms with Crippen molar-refractivity contribution < 1.29 is 27.5 Å². The number of carbonyl (C=O) groups excluding carboxylic acids is 1. The number of hydrogen-bond donors (Lipinski definition) is 0. The number of fused-ring (bicyclic) bond motifs is 2. The molecular weight excluding hydrogens is 860 g/mol. The minimum Gasteiger partial charge on any atom is -0.543 e. The van der Waals surface area contributed by atoms with Gasteiger partial charge in [0.25, 0.3) is 16.6 Å². The molecule has 0 N–H and O–H groups in total. The molecule has 56 heavy (non-hydrogen) atoms. The van der Waals surface area contributed by atoms with E-state index in [1.165, 1.54) is 10.4 Å². The molecule has 304 valence electrons. The van der Waals surface area contributed by atoms with Crippen LogP contribution in [0.25, 0.3) is 6.08 Å². The number of esters is 1. The van der Waals surface area contributed by atoms with Crippen LogP contribution in [-0.4, -0.2) is 61.4 Å². The summed E-state index contributed by atoms with van der Waals surface area (Å²) in [7, 11) is -7.66. The van der Waals surface area contributed by atoms with E-state index in [4.69, 9.17) is 22.8 Å². The Balaban J connectivity index is 1.74. The van der Waals surface area contributed by atoms with Crippen molar-refractivity contribution in [1.29, 1.82) is 0 Å². The average Bonchev–Trinajstić information content (AvgIpc) is 3.90. The second-order valence-electron chi connectivity index (χ2n) is 19.5. The smallest absolute Gasteiger partial charge is 0.342 e. The first-order valence-electron chi connectivity index (χ1n) is 20.1. The number of cyclic esters (lactones) is 1.